The number of methoxy groups -OCH3 is 2. The molecule has 1 aromatic rings. The Kier molecular flexibility index (Phi) is 5.33. The van der Waals surface area contributed by atoms with Crippen LogP contribution in [-0.4, -0.2) is 28.5 Å². The van der Waals surface area contributed by atoms with E-state index in [9.17, 15) is 4.79 Å². The smallest absolute Gasteiger partial charge is 0.341 e. The zero-order chi connectivity index (χ0) is 18.1. The third kappa shape index (κ3) is 3.46. The van der Waals surface area contributed by atoms with Crippen molar-refractivity contribution in [3.8, 4) is 11.5 Å². The summed E-state index contributed by atoms with van der Waals surface area (Å²) in [5, 5.41) is 0.0574. The molecule has 5 heteroatoms. The lowest BCUT2D eigenvalue weighted by atomic mass is 9.88. The van der Waals surface area contributed by atoms with Crippen LogP contribution in [0.2, 0.25) is 18.1 Å². The van der Waals surface area contributed by atoms with E-state index in [-0.39, 0.29) is 11.0 Å². The molecule has 0 spiro atoms. The van der Waals surface area contributed by atoms with Gasteiger partial charge >= 0.3 is 5.97 Å². The number of hydrogen-bond acceptors (Lipinski definition) is 4. The normalized spacial score (nSPS) is 14.8. The van der Waals surface area contributed by atoms with E-state index >= 15 is 0 Å². The Labute approximate surface area is 146 Å². The van der Waals surface area contributed by atoms with Crippen LogP contribution in [0.3, 0.4) is 0 Å². The van der Waals surface area contributed by atoms with E-state index in [1.807, 2.05) is 0 Å². The third-order valence-electron chi connectivity index (χ3n) is 5.35. The van der Waals surface area contributed by atoms with Gasteiger partial charge in [0.2, 0.25) is 0 Å². The average molecular weight is 351 g/mol. The summed E-state index contributed by atoms with van der Waals surface area (Å²) < 4.78 is 17.2. The molecule has 1 aliphatic carbocycles. The summed E-state index contributed by atoms with van der Waals surface area (Å²) in [6.45, 7) is 11.0. The number of rotatable bonds is 4. The molecule has 0 N–H and O–H groups in total. The molecule has 0 fully saturated rings. The molecular weight excluding hydrogens is 320 g/mol. The molecule has 0 amide bonds. The molecule has 0 saturated carbocycles. The van der Waals surface area contributed by atoms with Gasteiger partial charge in [-0.2, -0.15) is 0 Å². The first-order valence-electron chi connectivity index (χ1n) is 8.62. The lowest BCUT2D eigenvalue weighted by Crippen LogP contribution is -2.44. The summed E-state index contributed by atoms with van der Waals surface area (Å²) >= 11 is 0. The molecule has 0 atom stereocenters. The number of carbonyl (C=O) groups is 1. The van der Waals surface area contributed by atoms with Crippen molar-refractivity contribution in [3.63, 3.8) is 0 Å². The summed E-state index contributed by atoms with van der Waals surface area (Å²) in [7, 11) is 0.988. The second-order valence-electron chi connectivity index (χ2n) is 7.97. The maximum Gasteiger partial charge on any atom is 0.341 e. The topological polar surface area (TPSA) is 44.8 Å². The summed E-state index contributed by atoms with van der Waals surface area (Å²) in [6, 6.07) is 1.79. The van der Waals surface area contributed by atoms with Gasteiger partial charge < -0.3 is 13.9 Å². The summed E-state index contributed by atoms with van der Waals surface area (Å²) in [5.41, 5.74) is 2.80. The van der Waals surface area contributed by atoms with Crippen molar-refractivity contribution in [2.45, 2.75) is 64.6 Å². The lowest BCUT2D eigenvalue weighted by Gasteiger charge is -2.38. The van der Waals surface area contributed by atoms with Crippen molar-refractivity contribution >= 4 is 14.3 Å². The van der Waals surface area contributed by atoms with Crippen molar-refractivity contribution < 1.29 is 18.7 Å². The van der Waals surface area contributed by atoms with Crippen LogP contribution < -0.4 is 9.16 Å². The fraction of sp³-hybridized carbons (Fsp3) is 0.632. The Hall–Kier alpha value is -1.49. The third-order valence-corrected chi connectivity index (χ3v) is 9.67. The molecule has 0 saturated heterocycles. The van der Waals surface area contributed by atoms with Gasteiger partial charge in [-0.3, -0.25) is 0 Å². The first kappa shape index (κ1) is 18.8. The van der Waals surface area contributed by atoms with Crippen molar-refractivity contribution in [3.05, 3.63) is 22.8 Å². The van der Waals surface area contributed by atoms with Crippen LogP contribution in [-0.2, 0) is 17.6 Å². The molecule has 0 heterocycles. The lowest BCUT2D eigenvalue weighted by molar-refractivity contribution is 0.0597. The molecule has 4 nitrogen and oxygen atoms in total. The molecule has 0 bridgehead atoms. The zero-order valence-electron chi connectivity index (χ0n) is 16.0. The van der Waals surface area contributed by atoms with Crippen molar-refractivity contribution in [1.29, 1.82) is 0 Å². The van der Waals surface area contributed by atoms with Gasteiger partial charge in [-0.1, -0.05) is 20.8 Å². The molecule has 0 radical (unpaired) electrons. The summed E-state index contributed by atoms with van der Waals surface area (Å²) in [4.78, 5) is 12.4. The van der Waals surface area contributed by atoms with Crippen LogP contribution in [0.4, 0.5) is 0 Å². The summed E-state index contributed by atoms with van der Waals surface area (Å²) in [5.74, 6) is 1.13. The first-order chi connectivity index (χ1) is 11.1. The van der Waals surface area contributed by atoms with Gasteiger partial charge in [0.1, 0.15) is 17.1 Å². The molecule has 0 aliphatic heterocycles. The molecule has 2 rings (SSSR count). The van der Waals surface area contributed by atoms with Crippen LogP contribution in [0.25, 0.3) is 0 Å². The number of carbonyl (C=O) groups excluding carboxylic acids is 1. The highest BCUT2D eigenvalue weighted by Gasteiger charge is 2.41. The minimum absolute atomic E-state index is 0.0574. The van der Waals surface area contributed by atoms with E-state index in [0.29, 0.717) is 5.56 Å². The largest absolute Gasteiger partial charge is 0.543 e. The van der Waals surface area contributed by atoms with Gasteiger partial charge in [-0.15, -0.1) is 0 Å². The molecule has 1 aliphatic rings. The number of fused-ring (bicyclic) bond motifs is 1. The van der Waals surface area contributed by atoms with Gasteiger partial charge in [-0.25, -0.2) is 4.79 Å². The number of hydrogen-bond donors (Lipinski definition) is 0. The van der Waals surface area contributed by atoms with Gasteiger partial charge in [-0.05, 0) is 49.9 Å². The minimum atomic E-state index is -2.07. The highest BCUT2D eigenvalue weighted by Crippen LogP contribution is 2.44. The Morgan fingerprint density at radius 3 is 2.17 bits per heavy atom. The number of esters is 1. The quantitative estimate of drug-likeness (QED) is 0.581. The van der Waals surface area contributed by atoms with E-state index in [0.717, 1.165) is 42.7 Å². The van der Waals surface area contributed by atoms with Gasteiger partial charge in [0.15, 0.2) is 0 Å². The average Bonchev–Trinajstić information content (AvgIpc) is 2.53. The fourth-order valence-electron chi connectivity index (χ4n) is 2.84. The number of ether oxygens (including phenoxy) is 2. The maximum atomic E-state index is 12.4. The predicted molar refractivity (Wildman–Crippen MR) is 98.8 cm³/mol. The van der Waals surface area contributed by atoms with Gasteiger partial charge in [0, 0.05) is 11.1 Å². The van der Waals surface area contributed by atoms with E-state index in [4.69, 9.17) is 13.9 Å². The second-order valence-corrected chi connectivity index (χ2v) is 12.7. The number of benzene rings is 1. The zero-order valence-corrected chi connectivity index (χ0v) is 17.0. The fourth-order valence-corrected chi connectivity index (χ4v) is 3.89. The highest BCUT2D eigenvalue weighted by atomic mass is 28.4. The maximum absolute atomic E-state index is 12.4. The molecule has 134 valence electrons. The van der Waals surface area contributed by atoms with E-state index < -0.39 is 8.32 Å². The van der Waals surface area contributed by atoms with Crippen LogP contribution in [0.1, 0.15) is 55.1 Å². The second kappa shape index (κ2) is 6.79. The minimum Gasteiger partial charge on any atom is -0.543 e. The van der Waals surface area contributed by atoms with E-state index in [1.54, 1.807) is 13.2 Å². The first-order valence-corrected chi connectivity index (χ1v) is 11.5. The van der Waals surface area contributed by atoms with Crippen LogP contribution in [0, 0.1) is 0 Å². The Morgan fingerprint density at radius 2 is 1.67 bits per heavy atom. The van der Waals surface area contributed by atoms with E-state index in [2.05, 4.69) is 33.9 Å². The Morgan fingerprint density at radius 1 is 1.08 bits per heavy atom. The summed E-state index contributed by atoms with van der Waals surface area (Å²) in [6.07, 6.45) is 4.13. The van der Waals surface area contributed by atoms with Crippen LogP contribution in [0.15, 0.2) is 6.07 Å². The van der Waals surface area contributed by atoms with Crippen LogP contribution in [0.5, 0.6) is 11.5 Å². The monoisotopic (exact) mass is 350 g/mol. The van der Waals surface area contributed by atoms with Crippen molar-refractivity contribution in [2.75, 3.05) is 14.2 Å². The molecule has 1 aromatic carbocycles. The Bertz CT molecular complexity index is 629. The molecule has 24 heavy (non-hydrogen) atoms. The van der Waals surface area contributed by atoms with Crippen LogP contribution >= 0.6 is 0 Å². The molecular formula is C19H30O4Si. The molecule has 0 aromatic heterocycles. The van der Waals surface area contributed by atoms with Crippen molar-refractivity contribution in [2.24, 2.45) is 0 Å². The SMILES string of the molecule is COC(=O)c1cc(OC)c2c(c1O[Si](C)(C)C(C)(C)C)CCCC2. The van der Waals surface area contributed by atoms with E-state index in [1.165, 1.54) is 12.7 Å². The van der Waals surface area contributed by atoms with Gasteiger partial charge in [0.25, 0.3) is 8.32 Å². The van der Waals surface area contributed by atoms with Gasteiger partial charge in [0.05, 0.1) is 14.2 Å². The Balaban J connectivity index is 2.65. The molecule has 0 unspecified atom stereocenters. The predicted octanol–water partition coefficient (Wildman–Crippen LogP) is 4.74. The van der Waals surface area contributed by atoms with Crippen molar-refractivity contribution in [1.82, 2.24) is 0 Å². The standard InChI is InChI=1S/C19H30O4Si/c1-19(2,3)24(6,7)23-17-14-11-9-8-10-13(14)16(21-4)12-15(17)18(20)22-5/h12H,8-11H2,1-7H3. The highest BCUT2D eigenvalue weighted by molar-refractivity contribution is 6.74.